The molecule has 4 rings (SSSR count). The summed E-state index contributed by atoms with van der Waals surface area (Å²) in [5.41, 5.74) is 4.61. The number of nitrogens with one attached hydrogen (secondary N) is 1. The first kappa shape index (κ1) is 22.5. The molecule has 0 aromatic heterocycles. The Morgan fingerprint density at radius 2 is 1.76 bits per heavy atom. The van der Waals surface area contributed by atoms with Crippen LogP contribution in [0.2, 0.25) is 0 Å². The van der Waals surface area contributed by atoms with Gasteiger partial charge in [0.2, 0.25) is 5.91 Å². The summed E-state index contributed by atoms with van der Waals surface area (Å²) in [5, 5.41) is 12.9. The molecule has 0 bridgehead atoms. The fourth-order valence-corrected chi connectivity index (χ4v) is 4.00. The van der Waals surface area contributed by atoms with E-state index in [0.29, 0.717) is 31.6 Å². The van der Waals surface area contributed by atoms with Crippen LogP contribution >= 0.6 is 0 Å². The largest absolute Gasteiger partial charge is 0.508 e. The topological polar surface area (TPSA) is 52.6 Å². The fourth-order valence-electron chi connectivity index (χ4n) is 4.00. The average molecular weight is 452 g/mol. The van der Waals surface area contributed by atoms with Gasteiger partial charge in [0.25, 0.3) is 0 Å². The molecule has 1 aliphatic heterocycles. The van der Waals surface area contributed by atoms with Crippen LogP contribution in [0.4, 0.5) is 18.9 Å². The minimum Gasteiger partial charge on any atom is -0.508 e. The number of amides is 1. The van der Waals surface area contributed by atoms with Gasteiger partial charge in [0, 0.05) is 25.3 Å². The number of halogens is 3. The number of hydrogen-bond donors (Lipinski definition) is 2. The first-order valence-electron chi connectivity index (χ1n) is 10.5. The Morgan fingerprint density at radius 3 is 2.39 bits per heavy atom. The van der Waals surface area contributed by atoms with E-state index in [1.54, 1.807) is 17.0 Å². The smallest absolute Gasteiger partial charge is 0.416 e. The Bertz CT molecular complexity index is 1170. The van der Waals surface area contributed by atoms with Gasteiger partial charge in [-0.05, 0) is 76.7 Å². The molecule has 33 heavy (non-hydrogen) atoms. The Hall–Kier alpha value is -3.74. The van der Waals surface area contributed by atoms with Crippen LogP contribution < -0.4 is 5.32 Å². The van der Waals surface area contributed by atoms with Crippen molar-refractivity contribution in [2.75, 3.05) is 11.9 Å². The monoisotopic (exact) mass is 452 g/mol. The lowest BCUT2D eigenvalue weighted by molar-refractivity contribution is -0.137. The fraction of sp³-hybridized carbons (Fsp3) is 0.192. The number of alkyl halides is 3. The molecule has 1 amide bonds. The Balaban J connectivity index is 1.69. The quantitative estimate of drug-likeness (QED) is 0.484. The molecule has 0 spiro atoms. The molecule has 0 saturated heterocycles. The number of aromatic hydroxyl groups is 1. The maximum absolute atomic E-state index is 13.0. The third-order valence-electron chi connectivity index (χ3n) is 5.79. The first-order chi connectivity index (χ1) is 15.7. The van der Waals surface area contributed by atoms with Gasteiger partial charge >= 0.3 is 6.18 Å². The zero-order chi connectivity index (χ0) is 23.6. The number of anilines is 1. The maximum Gasteiger partial charge on any atom is 0.416 e. The van der Waals surface area contributed by atoms with Crippen LogP contribution in [0, 0.1) is 0 Å². The van der Waals surface area contributed by atoms with Crippen molar-refractivity contribution in [1.29, 1.82) is 0 Å². The lowest BCUT2D eigenvalue weighted by Crippen LogP contribution is -2.35. The predicted molar refractivity (Wildman–Crippen MR) is 122 cm³/mol. The van der Waals surface area contributed by atoms with Gasteiger partial charge in [-0.15, -0.1) is 0 Å². The number of phenolic OH excluding ortho intramolecular Hbond substituents is 1. The summed E-state index contributed by atoms with van der Waals surface area (Å²) in [5.74, 6) is 0.0339. The standard InChI is InChI=1S/C26H23F3N2O2/c1-2-25(33)31-12-11-23-20(16-31)13-19(18-5-7-21(8-6-18)26(27,28)29)14-24(23)30-15-17-3-9-22(32)10-4-17/h2-10,13-14,30,32H,1,11-12,15-16H2. The number of fused-ring (bicyclic) bond motifs is 1. The maximum atomic E-state index is 13.0. The molecule has 0 atom stereocenters. The summed E-state index contributed by atoms with van der Waals surface area (Å²) in [6.45, 7) is 5.04. The van der Waals surface area contributed by atoms with E-state index in [1.807, 2.05) is 24.3 Å². The summed E-state index contributed by atoms with van der Waals surface area (Å²) >= 11 is 0. The normalized spacial score (nSPS) is 13.4. The van der Waals surface area contributed by atoms with Gasteiger partial charge in [-0.3, -0.25) is 4.79 Å². The molecule has 3 aromatic carbocycles. The highest BCUT2D eigenvalue weighted by Crippen LogP contribution is 2.35. The summed E-state index contributed by atoms with van der Waals surface area (Å²) in [7, 11) is 0. The highest BCUT2D eigenvalue weighted by molar-refractivity contribution is 5.87. The molecule has 0 radical (unpaired) electrons. The van der Waals surface area contributed by atoms with E-state index < -0.39 is 11.7 Å². The van der Waals surface area contributed by atoms with Crippen LogP contribution in [0.1, 0.15) is 22.3 Å². The molecule has 1 heterocycles. The van der Waals surface area contributed by atoms with Gasteiger partial charge in [-0.25, -0.2) is 0 Å². The minimum absolute atomic E-state index is 0.154. The van der Waals surface area contributed by atoms with E-state index >= 15 is 0 Å². The third-order valence-corrected chi connectivity index (χ3v) is 5.79. The molecule has 0 aliphatic carbocycles. The van der Waals surface area contributed by atoms with Crippen molar-refractivity contribution < 1.29 is 23.1 Å². The van der Waals surface area contributed by atoms with E-state index in [2.05, 4.69) is 11.9 Å². The molecular formula is C26H23F3N2O2. The number of rotatable bonds is 5. The van der Waals surface area contributed by atoms with Crippen LogP contribution in [0.15, 0.2) is 73.3 Å². The lowest BCUT2D eigenvalue weighted by Gasteiger charge is -2.30. The van der Waals surface area contributed by atoms with Crippen molar-refractivity contribution in [3.63, 3.8) is 0 Å². The first-order valence-corrected chi connectivity index (χ1v) is 10.5. The lowest BCUT2D eigenvalue weighted by atomic mass is 9.92. The van der Waals surface area contributed by atoms with E-state index in [1.165, 1.54) is 18.2 Å². The van der Waals surface area contributed by atoms with Crippen molar-refractivity contribution in [2.45, 2.75) is 25.7 Å². The second-order valence-electron chi connectivity index (χ2n) is 7.97. The molecule has 0 fully saturated rings. The highest BCUT2D eigenvalue weighted by atomic mass is 19.4. The number of hydrogen-bond acceptors (Lipinski definition) is 3. The summed E-state index contributed by atoms with van der Waals surface area (Å²) in [6, 6.07) is 15.8. The molecule has 0 saturated carbocycles. The van der Waals surface area contributed by atoms with Crippen LogP contribution in [0.3, 0.4) is 0 Å². The van der Waals surface area contributed by atoms with Crippen LogP contribution in [-0.4, -0.2) is 22.5 Å². The Morgan fingerprint density at radius 1 is 1.06 bits per heavy atom. The van der Waals surface area contributed by atoms with E-state index in [0.717, 1.165) is 40.1 Å². The van der Waals surface area contributed by atoms with E-state index in [9.17, 15) is 23.1 Å². The molecule has 7 heteroatoms. The van der Waals surface area contributed by atoms with Crippen molar-refractivity contribution in [3.05, 3.63) is 95.6 Å². The molecule has 170 valence electrons. The Labute approximate surface area is 190 Å². The van der Waals surface area contributed by atoms with Crippen molar-refractivity contribution in [3.8, 4) is 16.9 Å². The molecule has 0 unspecified atom stereocenters. The van der Waals surface area contributed by atoms with Crippen LogP contribution in [-0.2, 0) is 30.5 Å². The Kier molecular flexibility index (Phi) is 6.14. The number of nitrogens with zero attached hydrogens (tertiary/aromatic N) is 1. The number of carbonyl (C=O) groups is 1. The van der Waals surface area contributed by atoms with Gasteiger partial charge < -0.3 is 15.3 Å². The second kappa shape index (κ2) is 9.02. The highest BCUT2D eigenvalue weighted by Gasteiger charge is 2.30. The van der Waals surface area contributed by atoms with Gasteiger partial charge in [0.1, 0.15) is 5.75 Å². The number of benzene rings is 3. The van der Waals surface area contributed by atoms with Gasteiger partial charge in [-0.2, -0.15) is 13.2 Å². The van der Waals surface area contributed by atoms with E-state index in [-0.39, 0.29) is 11.7 Å². The van der Waals surface area contributed by atoms with Gasteiger partial charge in [0.05, 0.1) is 5.56 Å². The summed E-state index contributed by atoms with van der Waals surface area (Å²) in [4.78, 5) is 13.9. The third kappa shape index (κ3) is 5.03. The molecule has 4 nitrogen and oxygen atoms in total. The van der Waals surface area contributed by atoms with Crippen LogP contribution in [0.5, 0.6) is 5.75 Å². The molecule has 1 aliphatic rings. The van der Waals surface area contributed by atoms with Gasteiger partial charge in [-0.1, -0.05) is 30.8 Å². The molecular weight excluding hydrogens is 429 g/mol. The zero-order valence-corrected chi connectivity index (χ0v) is 17.8. The second-order valence-corrected chi connectivity index (χ2v) is 7.97. The van der Waals surface area contributed by atoms with Gasteiger partial charge in [0.15, 0.2) is 0 Å². The summed E-state index contributed by atoms with van der Waals surface area (Å²) < 4.78 is 38.9. The van der Waals surface area contributed by atoms with E-state index in [4.69, 9.17) is 0 Å². The molecule has 3 aromatic rings. The van der Waals surface area contributed by atoms with Crippen molar-refractivity contribution in [2.24, 2.45) is 0 Å². The zero-order valence-electron chi connectivity index (χ0n) is 17.8. The SMILES string of the molecule is C=CC(=O)N1CCc2c(cc(-c3ccc(C(F)(F)F)cc3)cc2NCc2ccc(O)cc2)C1. The van der Waals surface area contributed by atoms with Crippen molar-refractivity contribution >= 4 is 11.6 Å². The van der Waals surface area contributed by atoms with Crippen LogP contribution in [0.25, 0.3) is 11.1 Å². The number of phenols is 1. The minimum atomic E-state index is -4.39. The van der Waals surface area contributed by atoms with Crippen molar-refractivity contribution in [1.82, 2.24) is 4.90 Å². The number of carbonyl (C=O) groups excluding carboxylic acids is 1. The average Bonchev–Trinajstić information content (AvgIpc) is 2.82. The molecule has 2 N–H and O–H groups in total. The predicted octanol–water partition coefficient (Wildman–Crippen LogP) is 5.76. The summed E-state index contributed by atoms with van der Waals surface area (Å²) in [6.07, 6.45) is -2.45.